The summed E-state index contributed by atoms with van der Waals surface area (Å²) in [6.45, 7) is 4.39. The molecule has 212 valence electrons. The van der Waals surface area contributed by atoms with E-state index in [0.29, 0.717) is 13.0 Å². The molecule has 4 rings (SSSR count). The summed E-state index contributed by atoms with van der Waals surface area (Å²) in [4.78, 5) is 26.5. The molecule has 0 saturated carbocycles. The number of halogens is 5. The van der Waals surface area contributed by atoms with E-state index >= 15 is 0 Å². The minimum Gasteiger partial charge on any atom is -0.371 e. The summed E-state index contributed by atoms with van der Waals surface area (Å²) >= 11 is 0. The van der Waals surface area contributed by atoms with Crippen LogP contribution in [0.3, 0.4) is 0 Å². The molecule has 0 spiro atoms. The monoisotopic (exact) mass is 573 g/mol. The van der Waals surface area contributed by atoms with Crippen molar-refractivity contribution in [3.63, 3.8) is 0 Å². The van der Waals surface area contributed by atoms with E-state index < -0.39 is 46.7 Å². The Hall–Kier alpha value is -3.20. The Morgan fingerprint density at radius 1 is 1.23 bits per heavy atom. The van der Waals surface area contributed by atoms with Crippen molar-refractivity contribution < 1.29 is 26.2 Å². The summed E-state index contributed by atoms with van der Waals surface area (Å²) < 4.78 is 78.7. The lowest BCUT2D eigenvalue weighted by Crippen LogP contribution is -2.44. The summed E-state index contributed by atoms with van der Waals surface area (Å²) in [5, 5.41) is 8.61. The first-order valence-corrected chi connectivity index (χ1v) is 13.8. The molecule has 1 aromatic carbocycles. The van der Waals surface area contributed by atoms with Crippen LogP contribution in [0, 0.1) is 5.82 Å². The molecule has 1 saturated heterocycles. The summed E-state index contributed by atoms with van der Waals surface area (Å²) in [5.74, 6) is -1.53. The van der Waals surface area contributed by atoms with E-state index in [1.165, 1.54) is 22.9 Å². The van der Waals surface area contributed by atoms with Crippen LogP contribution in [-0.4, -0.2) is 66.8 Å². The average Bonchev–Trinajstić information content (AvgIpc) is 2.85. The summed E-state index contributed by atoms with van der Waals surface area (Å²) in [7, 11) is -1.86. The number of aromatic nitrogens is 4. The average molecular weight is 574 g/mol. The van der Waals surface area contributed by atoms with Crippen molar-refractivity contribution in [3.05, 3.63) is 40.6 Å². The molecule has 3 heterocycles. The van der Waals surface area contributed by atoms with Crippen LogP contribution in [0.4, 0.5) is 33.6 Å². The molecule has 39 heavy (non-hydrogen) atoms. The highest BCUT2D eigenvalue weighted by Gasteiger charge is 2.27. The third-order valence-corrected chi connectivity index (χ3v) is 7.18. The van der Waals surface area contributed by atoms with E-state index in [1.54, 1.807) is 13.8 Å². The molecule has 15 heteroatoms. The second-order valence-electron chi connectivity index (χ2n) is 9.49. The Kier molecular flexibility index (Phi) is 8.79. The SMILES string of the molecule is CC(C)n1c(=O)c(-c2ccc(NCS(=O)CCC(F)(F)F)c(F)c2)nc2cnc(N[C@@H]3CNC[C@@H](F)C3)nc21. The van der Waals surface area contributed by atoms with Gasteiger partial charge in [-0.05, 0) is 26.0 Å². The number of alkyl halides is 4. The predicted octanol–water partition coefficient (Wildman–Crippen LogP) is 3.76. The predicted molar refractivity (Wildman–Crippen MR) is 139 cm³/mol. The first-order chi connectivity index (χ1) is 18.4. The lowest BCUT2D eigenvalue weighted by molar-refractivity contribution is -0.129. The summed E-state index contributed by atoms with van der Waals surface area (Å²) in [5.41, 5.74) is 0.0848. The van der Waals surface area contributed by atoms with Gasteiger partial charge in [0.15, 0.2) is 5.65 Å². The summed E-state index contributed by atoms with van der Waals surface area (Å²) in [6.07, 6.45) is -4.89. The number of anilines is 2. The van der Waals surface area contributed by atoms with Gasteiger partial charge in [-0.25, -0.2) is 18.7 Å². The van der Waals surface area contributed by atoms with Gasteiger partial charge in [0.1, 0.15) is 23.2 Å². The molecule has 0 aliphatic carbocycles. The second kappa shape index (κ2) is 11.9. The van der Waals surface area contributed by atoms with Crippen LogP contribution in [0.25, 0.3) is 22.4 Å². The maximum Gasteiger partial charge on any atom is 0.390 e. The van der Waals surface area contributed by atoms with E-state index in [4.69, 9.17) is 0 Å². The Balaban J connectivity index is 1.58. The number of nitrogens with one attached hydrogen (secondary N) is 3. The van der Waals surface area contributed by atoms with E-state index in [2.05, 4.69) is 30.9 Å². The van der Waals surface area contributed by atoms with Crippen molar-refractivity contribution in [1.29, 1.82) is 0 Å². The fourth-order valence-corrected chi connectivity index (χ4v) is 5.11. The molecule has 2 aromatic heterocycles. The van der Waals surface area contributed by atoms with Crippen LogP contribution < -0.4 is 21.5 Å². The van der Waals surface area contributed by atoms with Crippen LogP contribution >= 0.6 is 0 Å². The number of benzene rings is 1. The quantitative estimate of drug-likeness (QED) is 0.332. The highest BCUT2D eigenvalue weighted by atomic mass is 32.2. The van der Waals surface area contributed by atoms with Gasteiger partial charge in [0.05, 0.1) is 24.2 Å². The number of nitrogens with zero attached hydrogens (tertiary/aromatic N) is 4. The molecule has 1 fully saturated rings. The Bertz CT molecular complexity index is 1420. The van der Waals surface area contributed by atoms with E-state index in [-0.39, 0.29) is 58.6 Å². The third-order valence-electron chi connectivity index (χ3n) is 6.06. The Morgan fingerprint density at radius 3 is 2.67 bits per heavy atom. The summed E-state index contributed by atoms with van der Waals surface area (Å²) in [6, 6.07) is 3.24. The van der Waals surface area contributed by atoms with E-state index in [1.807, 2.05) is 0 Å². The molecule has 0 bridgehead atoms. The Morgan fingerprint density at radius 2 is 2.00 bits per heavy atom. The molecule has 0 radical (unpaired) electrons. The number of hydrogen-bond donors (Lipinski definition) is 3. The van der Waals surface area contributed by atoms with Gasteiger partial charge in [0.2, 0.25) is 5.95 Å². The smallest absolute Gasteiger partial charge is 0.371 e. The van der Waals surface area contributed by atoms with Crippen molar-refractivity contribution in [1.82, 2.24) is 24.8 Å². The van der Waals surface area contributed by atoms with Crippen molar-refractivity contribution in [2.24, 2.45) is 0 Å². The van der Waals surface area contributed by atoms with E-state index in [9.17, 15) is 31.0 Å². The van der Waals surface area contributed by atoms with Crippen molar-refractivity contribution in [3.8, 4) is 11.3 Å². The highest BCUT2D eigenvalue weighted by Crippen LogP contribution is 2.25. The second-order valence-corrected chi connectivity index (χ2v) is 11.1. The number of fused-ring (bicyclic) bond motifs is 1. The minimum atomic E-state index is -4.42. The van der Waals surface area contributed by atoms with Gasteiger partial charge in [-0.1, -0.05) is 6.07 Å². The van der Waals surface area contributed by atoms with Crippen LogP contribution in [0.5, 0.6) is 0 Å². The lowest BCUT2D eigenvalue weighted by atomic mass is 10.1. The van der Waals surface area contributed by atoms with Crippen LogP contribution in [0.2, 0.25) is 0 Å². The van der Waals surface area contributed by atoms with Gasteiger partial charge in [-0.15, -0.1) is 0 Å². The van der Waals surface area contributed by atoms with Crippen LogP contribution in [0.15, 0.2) is 29.2 Å². The van der Waals surface area contributed by atoms with Gasteiger partial charge in [0.25, 0.3) is 5.56 Å². The topological polar surface area (TPSA) is 114 Å². The molecule has 1 unspecified atom stereocenters. The molecule has 0 amide bonds. The van der Waals surface area contributed by atoms with Gasteiger partial charge in [-0.2, -0.15) is 18.2 Å². The zero-order valence-electron chi connectivity index (χ0n) is 21.2. The molecule has 3 atom stereocenters. The zero-order chi connectivity index (χ0) is 28.3. The fraction of sp³-hybridized carbons (Fsp3) is 0.500. The van der Waals surface area contributed by atoms with Gasteiger partial charge in [0, 0.05) is 53.7 Å². The molecule has 3 aromatic rings. The van der Waals surface area contributed by atoms with Crippen molar-refractivity contribution in [2.45, 2.75) is 51.1 Å². The normalized spacial score (nSPS) is 18.9. The maximum absolute atomic E-state index is 14.8. The number of rotatable bonds is 9. The largest absolute Gasteiger partial charge is 0.390 e. The number of piperidine rings is 1. The van der Waals surface area contributed by atoms with Crippen LogP contribution in [-0.2, 0) is 10.8 Å². The standard InChI is InChI=1S/C24H28F5N7O2S/c1-13(2)36-21-19(11-31-23(35-21)33-16-8-15(25)9-30-10-16)34-20(22(36)37)14-3-4-18(17(26)7-14)32-12-39(38)6-5-24(27,28)29/h3-4,7,11,13,15-16,30,32H,5-6,8-10,12H2,1-2H3,(H,31,33,35)/t15-,16-,39?/m0/s1. The molecule has 9 nitrogen and oxygen atoms in total. The molecule has 1 aliphatic heterocycles. The van der Waals surface area contributed by atoms with Crippen molar-refractivity contribution in [2.75, 3.05) is 35.4 Å². The maximum atomic E-state index is 14.8. The Labute approximate surface area is 223 Å². The molecular formula is C24H28F5N7O2S. The van der Waals surface area contributed by atoms with Gasteiger partial charge >= 0.3 is 6.18 Å². The highest BCUT2D eigenvalue weighted by molar-refractivity contribution is 7.85. The molecule has 3 N–H and O–H groups in total. The third kappa shape index (κ3) is 7.26. The molecular weight excluding hydrogens is 545 g/mol. The number of hydrogen-bond acceptors (Lipinski definition) is 8. The van der Waals surface area contributed by atoms with Crippen LogP contribution in [0.1, 0.15) is 32.7 Å². The lowest BCUT2D eigenvalue weighted by Gasteiger charge is -2.26. The fourth-order valence-electron chi connectivity index (χ4n) is 4.19. The first-order valence-electron chi connectivity index (χ1n) is 12.3. The molecule has 1 aliphatic rings. The van der Waals surface area contributed by atoms with Crippen molar-refractivity contribution >= 4 is 33.6 Å². The van der Waals surface area contributed by atoms with Gasteiger partial charge < -0.3 is 16.0 Å². The van der Waals surface area contributed by atoms with Gasteiger partial charge in [-0.3, -0.25) is 13.6 Å². The minimum absolute atomic E-state index is 0.0449. The zero-order valence-corrected chi connectivity index (χ0v) is 22.0. The first kappa shape index (κ1) is 28.8. The van der Waals surface area contributed by atoms with E-state index in [0.717, 1.165) is 6.07 Å².